The molecule has 0 spiro atoms. The van der Waals surface area contributed by atoms with Gasteiger partial charge in [-0.2, -0.15) is 0 Å². The Kier molecular flexibility index (Phi) is 8.86. The second-order valence-corrected chi connectivity index (χ2v) is 7.30. The van der Waals surface area contributed by atoms with E-state index in [4.69, 9.17) is 5.73 Å². The number of benzene rings is 1. The van der Waals surface area contributed by atoms with Crippen molar-refractivity contribution in [3.8, 4) is 0 Å². The lowest BCUT2D eigenvalue weighted by Crippen LogP contribution is -2.39. The molecule has 6 heteroatoms. The highest BCUT2D eigenvalue weighted by molar-refractivity contribution is 6.06. The average molecular weight is 386 g/mol. The highest BCUT2D eigenvalue weighted by Crippen LogP contribution is 2.24. The molecule has 4 nitrogen and oxygen atoms in total. The summed E-state index contributed by atoms with van der Waals surface area (Å²) < 4.78 is 0. The molecule has 1 aromatic heterocycles. The van der Waals surface area contributed by atoms with Gasteiger partial charge in [0.25, 0.3) is 5.91 Å². The van der Waals surface area contributed by atoms with Gasteiger partial charge in [-0.15, -0.1) is 24.8 Å². The monoisotopic (exact) mass is 385 g/mol. The number of nitrogens with zero attached hydrogens (tertiary/aromatic N) is 2. The van der Waals surface area contributed by atoms with Crippen molar-refractivity contribution in [3.63, 3.8) is 0 Å². The van der Waals surface area contributed by atoms with Gasteiger partial charge in [-0.25, -0.2) is 0 Å². The summed E-state index contributed by atoms with van der Waals surface area (Å²) >= 11 is 0. The Labute approximate surface area is 163 Å². The third-order valence-corrected chi connectivity index (χ3v) is 4.12. The lowest BCUT2D eigenvalue weighted by Gasteiger charge is -2.29. The van der Waals surface area contributed by atoms with Crippen LogP contribution in [0.5, 0.6) is 0 Å². The summed E-state index contributed by atoms with van der Waals surface area (Å²) in [6.07, 6.45) is 0. The Balaban J connectivity index is 0.00000288. The summed E-state index contributed by atoms with van der Waals surface area (Å²) in [7, 11) is 1.84. The second-order valence-electron chi connectivity index (χ2n) is 7.30. The van der Waals surface area contributed by atoms with Gasteiger partial charge in [0.05, 0.1) is 11.1 Å². The first kappa shape index (κ1) is 23.6. The van der Waals surface area contributed by atoms with Gasteiger partial charge in [-0.3, -0.25) is 9.78 Å². The van der Waals surface area contributed by atoms with E-state index in [-0.39, 0.29) is 42.1 Å². The second kappa shape index (κ2) is 9.37. The molecule has 0 aliphatic rings. The molecular weight excluding hydrogens is 357 g/mol. The van der Waals surface area contributed by atoms with Crippen LogP contribution in [0.3, 0.4) is 0 Å². The minimum absolute atomic E-state index is 0. The molecule has 1 heterocycles. The summed E-state index contributed by atoms with van der Waals surface area (Å²) in [6.45, 7) is 9.48. The van der Waals surface area contributed by atoms with Crippen molar-refractivity contribution < 1.29 is 4.79 Å². The van der Waals surface area contributed by atoms with Crippen LogP contribution in [-0.2, 0) is 0 Å². The average Bonchev–Trinajstić information content (AvgIpc) is 2.52. The summed E-state index contributed by atoms with van der Waals surface area (Å²) in [5, 5.41) is 0.902. The van der Waals surface area contributed by atoms with E-state index >= 15 is 0 Å². The van der Waals surface area contributed by atoms with Gasteiger partial charge in [-0.05, 0) is 30.0 Å². The topological polar surface area (TPSA) is 59.2 Å². The molecule has 0 saturated carbocycles. The zero-order valence-electron chi connectivity index (χ0n) is 15.6. The highest BCUT2D eigenvalue weighted by atomic mass is 35.5. The van der Waals surface area contributed by atoms with Crippen molar-refractivity contribution in [1.29, 1.82) is 0 Å². The smallest absolute Gasteiger partial charge is 0.254 e. The normalized spacial score (nSPS) is 11.0. The van der Waals surface area contributed by atoms with Crippen LogP contribution in [0.4, 0.5) is 0 Å². The molecule has 2 N–H and O–H groups in total. The number of rotatable bonds is 5. The standard InChI is InChI=1S/C19H27N3O.2ClH/c1-13(2)17-10-15(14-8-6-7-9-16(14)21-17)18(23)22(5)12-19(3,4)11-20;;/h6-10,13H,11-12,20H2,1-5H3;2*1H. The van der Waals surface area contributed by atoms with E-state index in [1.807, 2.05) is 37.4 Å². The largest absolute Gasteiger partial charge is 0.341 e. The zero-order chi connectivity index (χ0) is 17.2. The van der Waals surface area contributed by atoms with Crippen LogP contribution in [0.25, 0.3) is 10.9 Å². The number of carbonyl (C=O) groups is 1. The maximum absolute atomic E-state index is 13.0. The molecular formula is C19H29Cl2N3O. The molecule has 0 atom stereocenters. The van der Waals surface area contributed by atoms with Gasteiger partial charge in [0.1, 0.15) is 0 Å². The number of pyridine rings is 1. The highest BCUT2D eigenvalue weighted by Gasteiger charge is 2.23. The number of amides is 1. The third kappa shape index (κ3) is 5.56. The predicted octanol–water partition coefficient (Wildman–Crippen LogP) is 4.26. The van der Waals surface area contributed by atoms with Crippen molar-refractivity contribution in [2.75, 3.05) is 20.1 Å². The summed E-state index contributed by atoms with van der Waals surface area (Å²) in [4.78, 5) is 19.4. The lowest BCUT2D eigenvalue weighted by atomic mass is 9.93. The molecule has 0 radical (unpaired) electrons. The minimum atomic E-state index is -0.103. The van der Waals surface area contributed by atoms with E-state index in [1.54, 1.807) is 4.90 Å². The first-order valence-corrected chi connectivity index (χ1v) is 8.10. The van der Waals surface area contributed by atoms with Gasteiger partial charge >= 0.3 is 0 Å². The molecule has 140 valence electrons. The molecule has 0 fully saturated rings. The number of hydrogen-bond acceptors (Lipinski definition) is 3. The molecule has 0 saturated heterocycles. The molecule has 0 unspecified atom stereocenters. The molecule has 2 rings (SSSR count). The van der Waals surface area contributed by atoms with E-state index in [0.717, 1.165) is 22.2 Å². The summed E-state index contributed by atoms with van der Waals surface area (Å²) in [6, 6.07) is 9.75. The van der Waals surface area contributed by atoms with Crippen molar-refractivity contribution in [2.24, 2.45) is 11.1 Å². The molecule has 25 heavy (non-hydrogen) atoms. The Hall–Kier alpha value is -1.36. The number of hydrogen-bond donors (Lipinski definition) is 1. The number of nitrogens with two attached hydrogens (primary N) is 1. The first-order chi connectivity index (χ1) is 10.7. The van der Waals surface area contributed by atoms with Crippen LogP contribution in [0.2, 0.25) is 0 Å². The van der Waals surface area contributed by atoms with Crippen LogP contribution in [0.15, 0.2) is 30.3 Å². The number of aromatic nitrogens is 1. The SMILES string of the molecule is CC(C)c1cc(C(=O)N(C)CC(C)(C)CN)c2ccccc2n1.Cl.Cl. The van der Waals surface area contributed by atoms with E-state index < -0.39 is 0 Å². The van der Waals surface area contributed by atoms with Crippen LogP contribution in [0.1, 0.15) is 49.7 Å². The van der Waals surface area contributed by atoms with Crippen molar-refractivity contribution in [3.05, 3.63) is 41.6 Å². The van der Waals surface area contributed by atoms with Crippen molar-refractivity contribution >= 4 is 41.6 Å². The fourth-order valence-corrected chi connectivity index (χ4v) is 2.65. The Morgan fingerprint density at radius 3 is 2.40 bits per heavy atom. The maximum atomic E-state index is 13.0. The fraction of sp³-hybridized carbons (Fsp3) is 0.474. The minimum Gasteiger partial charge on any atom is -0.341 e. The Morgan fingerprint density at radius 2 is 1.84 bits per heavy atom. The predicted molar refractivity (Wildman–Crippen MR) is 110 cm³/mol. The zero-order valence-corrected chi connectivity index (χ0v) is 17.2. The van der Waals surface area contributed by atoms with Crippen LogP contribution in [-0.4, -0.2) is 35.9 Å². The van der Waals surface area contributed by atoms with E-state index in [2.05, 4.69) is 32.7 Å². The molecule has 1 aromatic carbocycles. The number of carbonyl (C=O) groups excluding carboxylic acids is 1. The van der Waals surface area contributed by atoms with E-state index in [1.165, 1.54) is 0 Å². The van der Waals surface area contributed by atoms with Gasteiger partial charge in [0.15, 0.2) is 0 Å². The van der Waals surface area contributed by atoms with Gasteiger partial charge < -0.3 is 10.6 Å². The van der Waals surface area contributed by atoms with Crippen LogP contribution < -0.4 is 5.73 Å². The fourth-order valence-electron chi connectivity index (χ4n) is 2.65. The molecule has 0 aliphatic carbocycles. The molecule has 0 aliphatic heterocycles. The molecule has 0 bridgehead atoms. The molecule has 1 amide bonds. The first-order valence-electron chi connectivity index (χ1n) is 8.10. The van der Waals surface area contributed by atoms with Gasteiger partial charge in [0, 0.05) is 24.7 Å². The third-order valence-electron chi connectivity index (χ3n) is 4.12. The van der Waals surface area contributed by atoms with Crippen molar-refractivity contribution in [1.82, 2.24) is 9.88 Å². The Morgan fingerprint density at radius 1 is 1.24 bits per heavy atom. The number of para-hydroxylation sites is 1. The van der Waals surface area contributed by atoms with Crippen LogP contribution in [0, 0.1) is 5.41 Å². The van der Waals surface area contributed by atoms with Gasteiger partial charge in [-0.1, -0.05) is 45.9 Å². The van der Waals surface area contributed by atoms with Gasteiger partial charge in [0.2, 0.25) is 0 Å². The number of halogens is 2. The Bertz CT molecular complexity index is 717. The quantitative estimate of drug-likeness (QED) is 0.835. The summed E-state index contributed by atoms with van der Waals surface area (Å²) in [5.74, 6) is 0.295. The van der Waals surface area contributed by atoms with E-state index in [9.17, 15) is 4.79 Å². The number of fused-ring (bicyclic) bond motifs is 1. The summed E-state index contributed by atoms with van der Waals surface area (Å²) in [5.41, 5.74) is 8.23. The molecule has 2 aromatic rings. The van der Waals surface area contributed by atoms with Crippen LogP contribution >= 0.6 is 24.8 Å². The maximum Gasteiger partial charge on any atom is 0.254 e. The lowest BCUT2D eigenvalue weighted by molar-refractivity contribution is 0.0742. The van der Waals surface area contributed by atoms with Crippen molar-refractivity contribution in [2.45, 2.75) is 33.6 Å². The van der Waals surface area contributed by atoms with E-state index in [0.29, 0.717) is 13.1 Å².